The van der Waals surface area contributed by atoms with Crippen molar-refractivity contribution in [1.82, 2.24) is 15.1 Å². The molecule has 5 bridgehead atoms. The molecule has 0 radical (unpaired) electrons. The van der Waals surface area contributed by atoms with Crippen LogP contribution in [0, 0.1) is 36.5 Å². The molecule has 424 valence electrons. The zero-order valence-corrected chi connectivity index (χ0v) is 47.1. The summed E-state index contributed by atoms with van der Waals surface area (Å²) in [7, 11) is 1.47. The average Bonchev–Trinajstić information content (AvgIpc) is 3.82. The highest BCUT2D eigenvalue weighted by molar-refractivity contribution is 6.19. The normalized spacial score (nSPS) is 29.5. The molecule has 3 saturated heterocycles. The summed E-state index contributed by atoms with van der Waals surface area (Å²) in [6, 6.07) is 9.65. The highest BCUT2D eigenvalue weighted by Gasteiger charge is 2.52. The number of piperidine rings is 2. The van der Waals surface area contributed by atoms with Crippen molar-refractivity contribution in [1.29, 1.82) is 0 Å². The molecule has 7 aliphatic heterocycles. The first-order valence-electron chi connectivity index (χ1n) is 27.8. The largest absolute Gasteiger partial charge is 0.507 e. The van der Waals surface area contributed by atoms with Crippen LogP contribution in [0.2, 0.25) is 0 Å². The van der Waals surface area contributed by atoms with Gasteiger partial charge in [-0.05, 0) is 69.1 Å². The molecule has 19 nitrogen and oxygen atoms in total. The number of methoxy groups -OCH3 is 1. The van der Waals surface area contributed by atoms with Crippen molar-refractivity contribution in [3.63, 3.8) is 0 Å². The van der Waals surface area contributed by atoms with Crippen LogP contribution >= 0.6 is 0 Å². The number of esters is 1. The van der Waals surface area contributed by atoms with E-state index in [0.717, 1.165) is 12.2 Å². The van der Waals surface area contributed by atoms with Crippen LogP contribution in [0.4, 0.5) is 11.4 Å². The summed E-state index contributed by atoms with van der Waals surface area (Å²) in [5, 5.41) is 42.6. The van der Waals surface area contributed by atoms with Crippen LogP contribution in [-0.2, 0) is 33.4 Å². The summed E-state index contributed by atoms with van der Waals surface area (Å²) < 4.78 is 24.9. The Kier molecular flexibility index (Phi) is 16.1. The van der Waals surface area contributed by atoms with Crippen molar-refractivity contribution in [2.75, 3.05) is 56.7 Å². The van der Waals surface area contributed by atoms with Crippen molar-refractivity contribution >= 4 is 51.6 Å². The number of amides is 3. The number of benzene rings is 3. The Bertz CT molecular complexity index is 3120. The number of rotatable bonds is 7. The highest BCUT2D eigenvalue weighted by Crippen LogP contribution is 2.50. The molecule has 7 heterocycles. The number of hydrogen-bond donors (Lipinski definition) is 5. The number of phenols is 2. The maximum atomic E-state index is 15.0. The van der Waals surface area contributed by atoms with Crippen molar-refractivity contribution in [2.24, 2.45) is 39.6 Å². The van der Waals surface area contributed by atoms with Gasteiger partial charge >= 0.3 is 11.8 Å². The van der Waals surface area contributed by atoms with E-state index in [9.17, 15) is 34.5 Å². The van der Waals surface area contributed by atoms with Crippen molar-refractivity contribution < 1.29 is 58.2 Å². The zero-order chi connectivity index (χ0) is 56.9. The van der Waals surface area contributed by atoms with Gasteiger partial charge in [0.15, 0.2) is 11.4 Å². The van der Waals surface area contributed by atoms with Crippen LogP contribution in [0.5, 0.6) is 17.2 Å². The SMILES string of the molecule is CO[C@H]1/C=C/OC2(C)Oc3c(C)c(O)c4c(O)c(c5c(c4c3C2=O)=NC2(CCN(CC(C)C)CC2)N=5)NC(=O)/C(C)=C\C=C\C(C)C[C@@H](C)C(O)[C@@H](C)C(OC(=O)CC(=O)N2CCC3(CC2)C(=O)NCN3c2ccccc2)[C@@H]1C. The summed E-state index contributed by atoms with van der Waals surface area (Å²) in [6.07, 6.45) is 7.01. The zero-order valence-electron chi connectivity index (χ0n) is 47.1. The van der Waals surface area contributed by atoms with E-state index >= 15 is 4.79 Å². The minimum absolute atomic E-state index is 0.0148. The van der Waals surface area contributed by atoms with Gasteiger partial charge in [0.05, 0.1) is 41.4 Å². The molecule has 3 fully saturated rings. The number of carbonyl (C=O) groups is 5. The molecule has 19 heteroatoms. The van der Waals surface area contributed by atoms with Gasteiger partial charge < -0.3 is 59.6 Å². The Balaban J connectivity index is 1.03. The Morgan fingerprint density at radius 2 is 1.58 bits per heavy atom. The Labute approximate surface area is 461 Å². The Hall–Kier alpha value is -6.83. The number of ether oxygens (including phenoxy) is 4. The molecule has 7 aliphatic rings. The van der Waals surface area contributed by atoms with Gasteiger partial charge in [-0.3, -0.25) is 34.0 Å². The smallest absolute Gasteiger partial charge is 0.315 e. The number of aliphatic hydroxyl groups excluding tert-OH is 1. The first kappa shape index (κ1) is 56.9. The minimum atomic E-state index is -2.02. The molecule has 3 amide bonds. The number of anilines is 2. The lowest BCUT2D eigenvalue weighted by Crippen LogP contribution is -2.57. The maximum Gasteiger partial charge on any atom is 0.315 e. The van der Waals surface area contributed by atoms with Gasteiger partial charge in [0.2, 0.25) is 11.8 Å². The summed E-state index contributed by atoms with van der Waals surface area (Å²) in [4.78, 5) is 86.8. The van der Waals surface area contributed by atoms with Gasteiger partial charge in [-0.25, -0.2) is 0 Å². The predicted octanol–water partition coefficient (Wildman–Crippen LogP) is 6.10. The molecule has 79 heavy (non-hydrogen) atoms. The number of phenolic OH excluding ortho intramolecular Hbond substituents is 2. The number of ketones is 1. The van der Waals surface area contributed by atoms with E-state index in [4.69, 9.17) is 28.9 Å². The van der Waals surface area contributed by atoms with Crippen LogP contribution in [0.15, 0.2) is 76.5 Å². The van der Waals surface area contributed by atoms with Crippen LogP contribution in [0.25, 0.3) is 10.8 Å². The molecule has 3 aromatic carbocycles. The van der Waals surface area contributed by atoms with Gasteiger partial charge in [0.1, 0.15) is 40.6 Å². The second-order valence-corrected chi connectivity index (χ2v) is 23.3. The van der Waals surface area contributed by atoms with Crippen LogP contribution < -0.4 is 31.0 Å². The number of likely N-dealkylation sites (tertiary alicyclic amines) is 2. The number of fused-ring (bicyclic) bond motifs is 13. The van der Waals surface area contributed by atoms with E-state index in [1.54, 1.807) is 50.8 Å². The first-order chi connectivity index (χ1) is 37.5. The fourth-order valence-electron chi connectivity index (χ4n) is 12.7. The topological polar surface area (TPSA) is 241 Å². The molecule has 2 spiro atoms. The lowest BCUT2D eigenvalue weighted by molar-refractivity contribution is -0.164. The molecular formula is C60H77N7O12. The van der Waals surface area contributed by atoms with Crippen LogP contribution in [0.3, 0.4) is 0 Å². The predicted molar refractivity (Wildman–Crippen MR) is 296 cm³/mol. The van der Waals surface area contributed by atoms with Crippen LogP contribution in [-0.4, -0.2) is 136 Å². The number of hydrogen-bond acceptors (Lipinski definition) is 16. The third-order valence-electron chi connectivity index (χ3n) is 17.2. The molecule has 5 N–H and O–H groups in total. The fraction of sp³-hybridized carbons (Fsp3) is 0.550. The summed E-state index contributed by atoms with van der Waals surface area (Å²) in [5.74, 6) is -6.72. The minimum Gasteiger partial charge on any atom is -0.507 e. The number of nitrogens with zero attached hydrogens (tertiary/aromatic N) is 5. The van der Waals surface area contributed by atoms with E-state index in [1.165, 1.54) is 20.3 Å². The second-order valence-electron chi connectivity index (χ2n) is 23.3. The summed E-state index contributed by atoms with van der Waals surface area (Å²) in [6.45, 7) is 19.6. The molecular weight excluding hydrogens is 1010 g/mol. The van der Waals surface area contributed by atoms with E-state index in [1.807, 2.05) is 55.2 Å². The van der Waals surface area contributed by atoms with Crippen LogP contribution in [0.1, 0.15) is 110 Å². The van der Waals surface area contributed by atoms with Crippen molar-refractivity contribution in [2.45, 2.75) is 136 Å². The number of allylic oxidation sites excluding steroid dienone is 3. The third kappa shape index (κ3) is 10.7. The monoisotopic (exact) mass is 1090 g/mol. The molecule has 4 unspecified atom stereocenters. The molecule has 10 rings (SSSR count). The molecule has 8 atom stereocenters. The first-order valence-corrected chi connectivity index (χ1v) is 27.8. The number of para-hydroxylation sites is 1. The number of nitrogens with one attached hydrogen (secondary N) is 2. The maximum absolute atomic E-state index is 15.0. The van der Waals surface area contributed by atoms with E-state index < -0.39 is 82.9 Å². The highest BCUT2D eigenvalue weighted by atomic mass is 16.7. The second kappa shape index (κ2) is 22.4. The third-order valence-corrected chi connectivity index (χ3v) is 17.2. The van der Waals surface area contributed by atoms with Gasteiger partial charge in [-0.15, -0.1) is 0 Å². The molecule has 0 aliphatic carbocycles. The standard InChI is InChI=1S/C60H77N7O12/c1-33(2)31-65-24-22-60(23-25-65)63-47-44-45-51(71)39(8)54-46(44)55(73)58(9,79-54)77-28-19-41(76-10)37(6)53(38(7)50(70)36(5)29-34(3)15-14-16-35(4)56(74)62-49(52(45)72)48(47)64-60)78-43(69)30-42(68)66-26-20-59(21-27-66)57(75)61-32-67(59)40-17-12-11-13-18-40/h11-19,28,33-34,36-38,41,50,53,70-72H,20-27,29-32H2,1-10H3,(H,61,75)(H,62,74)/b15-14+,28-19+,35-16-/t34?,36-,37-,38-,41+,50?,53?,58?/m1/s1. The lowest BCUT2D eigenvalue weighted by Gasteiger charge is -2.43. The quantitative estimate of drug-likeness (QED) is 0.102. The summed E-state index contributed by atoms with van der Waals surface area (Å²) >= 11 is 0. The van der Waals surface area contributed by atoms with Gasteiger partial charge in [0.25, 0.3) is 11.7 Å². The van der Waals surface area contributed by atoms with Gasteiger partial charge in [0, 0.05) is 93.6 Å². The number of carbonyl (C=O) groups excluding carboxylic acids is 5. The van der Waals surface area contributed by atoms with Gasteiger partial charge in [-0.1, -0.05) is 78.0 Å². The van der Waals surface area contributed by atoms with Gasteiger partial charge in [-0.2, -0.15) is 0 Å². The molecule has 0 aromatic heterocycles. The lowest BCUT2D eigenvalue weighted by atomic mass is 9.79. The Morgan fingerprint density at radius 1 is 0.899 bits per heavy atom. The summed E-state index contributed by atoms with van der Waals surface area (Å²) in [5.41, 5.74) is -0.497. The average molecular weight is 1090 g/mol. The molecule has 0 saturated carbocycles. The Morgan fingerprint density at radius 3 is 2.25 bits per heavy atom. The number of Topliss-reactive ketones (excluding diaryl/α,β-unsaturated/α-hetero) is 1. The fourth-order valence-corrected chi connectivity index (χ4v) is 12.7. The number of aromatic hydroxyl groups is 2. The number of aliphatic hydroxyl groups is 1. The van der Waals surface area contributed by atoms with E-state index in [-0.39, 0.29) is 80.6 Å². The molecule has 3 aromatic rings. The van der Waals surface area contributed by atoms with Crippen molar-refractivity contribution in [3.8, 4) is 17.2 Å². The van der Waals surface area contributed by atoms with E-state index in [0.29, 0.717) is 63.4 Å². The van der Waals surface area contributed by atoms with E-state index in [2.05, 4.69) is 29.4 Å². The van der Waals surface area contributed by atoms with Crippen molar-refractivity contribution in [3.05, 3.63) is 88.3 Å².